The molecule has 2 N–H and O–H groups in total. The van der Waals surface area contributed by atoms with Crippen molar-refractivity contribution in [2.24, 2.45) is 4.99 Å². The molecule has 0 aliphatic carbocycles. The molecule has 0 atom stereocenters. The maximum atomic E-state index is 5.79. The van der Waals surface area contributed by atoms with Gasteiger partial charge >= 0.3 is 0 Å². The van der Waals surface area contributed by atoms with E-state index >= 15 is 0 Å². The summed E-state index contributed by atoms with van der Waals surface area (Å²) in [7, 11) is 0. The number of nitrogens with zero attached hydrogens (tertiary/aromatic N) is 3. The summed E-state index contributed by atoms with van der Waals surface area (Å²) in [5, 5.41) is 0. The molecule has 92 valence electrons. The van der Waals surface area contributed by atoms with Crippen LogP contribution in [0.25, 0.3) is 0 Å². The molecule has 0 radical (unpaired) electrons. The number of anilines is 1. The smallest absolute Gasteiger partial charge is 0.132 e. The van der Waals surface area contributed by atoms with E-state index in [0.717, 1.165) is 15.6 Å². The van der Waals surface area contributed by atoms with Gasteiger partial charge in [-0.3, -0.25) is 4.99 Å². The van der Waals surface area contributed by atoms with Gasteiger partial charge in [-0.05, 0) is 24.6 Å². The molecule has 0 unspecified atom stereocenters. The van der Waals surface area contributed by atoms with Gasteiger partial charge in [-0.15, -0.1) is 0 Å². The first-order chi connectivity index (χ1) is 8.65. The van der Waals surface area contributed by atoms with Crippen LogP contribution in [-0.2, 0) is 6.54 Å². The topological polar surface area (TPSA) is 64.2 Å². The van der Waals surface area contributed by atoms with Gasteiger partial charge in [0, 0.05) is 22.4 Å². The minimum Gasteiger partial charge on any atom is -0.383 e. The first-order valence-electron chi connectivity index (χ1n) is 5.48. The number of nitrogens with two attached hydrogens (primary N) is 1. The van der Waals surface area contributed by atoms with Crippen molar-refractivity contribution in [3.63, 3.8) is 0 Å². The molecule has 0 amide bonds. The standard InChI is InChI=1S/C13H13BrN4/c1-9-17-8-11(13(15)18-9)7-16-6-10-2-4-12(14)5-3-10/h2-6,8H,7H2,1H3,(H2,15,17,18). The van der Waals surface area contributed by atoms with Crippen LogP contribution in [0, 0.1) is 6.92 Å². The van der Waals surface area contributed by atoms with Crippen molar-refractivity contribution >= 4 is 28.0 Å². The Morgan fingerprint density at radius 1 is 1.33 bits per heavy atom. The highest BCUT2D eigenvalue weighted by Gasteiger charge is 1.99. The lowest BCUT2D eigenvalue weighted by Gasteiger charge is -2.01. The summed E-state index contributed by atoms with van der Waals surface area (Å²) in [6.07, 6.45) is 3.53. The predicted octanol–water partition coefficient (Wildman–Crippen LogP) is 2.75. The Bertz CT molecular complexity index is 564. The molecule has 5 heteroatoms. The second kappa shape index (κ2) is 5.73. The van der Waals surface area contributed by atoms with E-state index in [9.17, 15) is 0 Å². The van der Waals surface area contributed by atoms with Crippen molar-refractivity contribution in [3.05, 3.63) is 51.9 Å². The zero-order valence-corrected chi connectivity index (χ0v) is 11.6. The summed E-state index contributed by atoms with van der Waals surface area (Å²) in [6.45, 7) is 2.30. The van der Waals surface area contributed by atoms with Crippen LogP contribution in [0.4, 0.5) is 5.82 Å². The van der Waals surface area contributed by atoms with Crippen molar-refractivity contribution in [3.8, 4) is 0 Å². The van der Waals surface area contributed by atoms with Crippen LogP contribution in [0.15, 0.2) is 39.9 Å². The van der Waals surface area contributed by atoms with Crippen LogP contribution in [0.1, 0.15) is 17.0 Å². The molecule has 0 aliphatic heterocycles. The van der Waals surface area contributed by atoms with Crippen LogP contribution in [-0.4, -0.2) is 16.2 Å². The normalized spacial score (nSPS) is 11.0. The maximum Gasteiger partial charge on any atom is 0.132 e. The fourth-order valence-electron chi connectivity index (χ4n) is 1.43. The third-order valence-electron chi connectivity index (χ3n) is 2.39. The highest BCUT2D eigenvalue weighted by atomic mass is 79.9. The Kier molecular flexibility index (Phi) is 4.04. The fourth-order valence-corrected chi connectivity index (χ4v) is 1.70. The number of rotatable bonds is 3. The number of halogens is 1. The third kappa shape index (κ3) is 3.37. The molecule has 0 saturated heterocycles. The monoisotopic (exact) mass is 304 g/mol. The molecule has 4 nitrogen and oxygen atoms in total. The molecule has 2 aromatic rings. The van der Waals surface area contributed by atoms with Gasteiger partial charge in [-0.25, -0.2) is 9.97 Å². The Morgan fingerprint density at radius 2 is 2.06 bits per heavy atom. The first-order valence-corrected chi connectivity index (χ1v) is 6.28. The van der Waals surface area contributed by atoms with Gasteiger partial charge < -0.3 is 5.73 Å². The van der Waals surface area contributed by atoms with Crippen LogP contribution in [0.2, 0.25) is 0 Å². The summed E-state index contributed by atoms with van der Waals surface area (Å²) in [6, 6.07) is 7.93. The van der Waals surface area contributed by atoms with E-state index in [1.165, 1.54) is 0 Å². The van der Waals surface area contributed by atoms with Crippen molar-refractivity contribution in [1.82, 2.24) is 9.97 Å². The van der Waals surface area contributed by atoms with Gasteiger partial charge in [0.25, 0.3) is 0 Å². The number of nitrogen functional groups attached to an aromatic ring is 1. The number of benzene rings is 1. The van der Waals surface area contributed by atoms with E-state index in [2.05, 4.69) is 30.9 Å². The third-order valence-corrected chi connectivity index (χ3v) is 2.92. The molecular formula is C13H13BrN4. The van der Waals surface area contributed by atoms with E-state index in [1.54, 1.807) is 6.20 Å². The molecule has 0 fully saturated rings. The number of aliphatic imine (C=N–C) groups is 1. The largest absolute Gasteiger partial charge is 0.383 e. The Morgan fingerprint density at radius 3 is 2.72 bits per heavy atom. The average Bonchev–Trinajstić information content (AvgIpc) is 2.34. The second-order valence-electron chi connectivity index (χ2n) is 3.85. The molecule has 1 aromatic carbocycles. The summed E-state index contributed by atoms with van der Waals surface area (Å²) >= 11 is 3.39. The Balaban J connectivity index is 2.05. The van der Waals surface area contributed by atoms with E-state index in [1.807, 2.05) is 37.4 Å². The minimum atomic E-state index is 0.488. The van der Waals surface area contributed by atoms with Gasteiger partial charge in [-0.2, -0.15) is 0 Å². The average molecular weight is 305 g/mol. The molecule has 1 heterocycles. The van der Waals surface area contributed by atoms with E-state index in [4.69, 9.17) is 5.73 Å². The van der Waals surface area contributed by atoms with E-state index < -0.39 is 0 Å². The number of hydrogen-bond acceptors (Lipinski definition) is 4. The van der Waals surface area contributed by atoms with Gasteiger partial charge in [0.2, 0.25) is 0 Å². The molecule has 0 saturated carbocycles. The van der Waals surface area contributed by atoms with E-state index in [-0.39, 0.29) is 0 Å². The summed E-state index contributed by atoms with van der Waals surface area (Å²) in [5.41, 5.74) is 7.68. The van der Waals surface area contributed by atoms with Crippen LogP contribution in [0.5, 0.6) is 0 Å². The van der Waals surface area contributed by atoms with Crippen LogP contribution >= 0.6 is 15.9 Å². The fraction of sp³-hybridized carbons (Fsp3) is 0.154. The van der Waals surface area contributed by atoms with Crippen LogP contribution in [0.3, 0.4) is 0 Å². The maximum absolute atomic E-state index is 5.79. The molecule has 18 heavy (non-hydrogen) atoms. The summed E-state index contributed by atoms with van der Waals surface area (Å²) in [5.74, 6) is 1.17. The quantitative estimate of drug-likeness (QED) is 0.887. The number of aryl methyl sites for hydroxylation is 1. The predicted molar refractivity (Wildman–Crippen MR) is 76.6 cm³/mol. The highest BCUT2D eigenvalue weighted by Crippen LogP contribution is 2.10. The van der Waals surface area contributed by atoms with Crippen molar-refractivity contribution in [1.29, 1.82) is 0 Å². The zero-order chi connectivity index (χ0) is 13.0. The minimum absolute atomic E-state index is 0.488. The lowest BCUT2D eigenvalue weighted by atomic mass is 10.2. The van der Waals surface area contributed by atoms with Gasteiger partial charge in [0.05, 0.1) is 6.54 Å². The summed E-state index contributed by atoms with van der Waals surface area (Å²) < 4.78 is 1.05. The van der Waals surface area contributed by atoms with Gasteiger partial charge in [-0.1, -0.05) is 28.1 Å². The number of aromatic nitrogens is 2. The molecule has 2 rings (SSSR count). The number of hydrogen-bond donors (Lipinski definition) is 1. The van der Waals surface area contributed by atoms with Crippen LogP contribution < -0.4 is 5.73 Å². The SMILES string of the molecule is Cc1ncc(CN=Cc2ccc(Br)cc2)c(N)n1. The Hall–Kier alpha value is -1.75. The molecule has 1 aromatic heterocycles. The van der Waals surface area contributed by atoms with Gasteiger partial charge in [0.15, 0.2) is 0 Å². The highest BCUT2D eigenvalue weighted by molar-refractivity contribution is 9.10. The summed E-state index contributed by atoms with van der Waals surface area (Å²) in [4.78, 5) is 12.5. The Labute approximate surface area is 114 Å². The molecule has 0 bridgehead atoms. The molecule has 0 spiro atoms. The van der Waals surface area contributed by atoms with E-state index in [0.29, 0.717) is 18.2 Å². The second-order valence-corrected chi connectivity index (χ2v) is 4.76. The van der Waals surface area contributed by atoms with Crippen molar-refractivity contribution < 1.29 is 0 Å². The molecule has 0 aliphatic rings. The van der Waals surface area contributed by atoms with Gasteiger partial charge in [0.1, 0.15) is 11.6 Å². The lowest BCUT2D eigenvalue weighted by Crippen LogP contribution is -2.00. The van der Waals surface area contributed by atoms with Crippen molar-refractivity contribution in [2.75, 3.05) is 5.73 Å². The lowest BCUT2D eigenvalue weighted by molar-refractivity contribution is 0.981. The van der Waals surface area contributed by atoms with Crippen molar-refractivity contribution in [2.45, 2.75) is 13.5 Å². The molecular weight excluding hydrogens is 292 g/mol. The zero-order valence-electron chi connectivity index (χ0n) is 9.97. The first kappa shape index (κ1) is 12.7.